The molecule has 0 saturated carbocycles. The fourth-order valence-electron chi connectivity index (χ4n) is 2.93. The Morgan fingerprint density at radius 1 is 1.05 bits per heavy atom. The highest BCUT2D eigenvalue weighted by Gasteiger charge is 2.32. The summed E-state index contributed by atoms with van der Waals surface area (Å²) in [4.78, 5) is 3.76. The monoisotopic (exact) mass is 280 g/mol. The first kappa shape index (κ1) is 15.1. The Morgan fingerprint density at radius 3 is 2.37 bits per heavy atom. The molecule has 19 heavy (non-hydrogen) atoms. The predicted molar refractivity (Wildman–Crippen MR) is 67.1 cm³/mol. The maximum atomic E-state index is 12.4. The van der Waals surface area contributed by atoms with Crippen molar-refractivity contribution in [3.63, 3.8) is 0 Å². The molecule has 0 amide bonds. The summed E-state index contributed by atoms with van der Waals surface area (Å²) in [6.07, 6.45) is -0.511. The Hall–Kier alpha value is -0.330. The molecule has 0 aromatic heterocycles. The molecule has 2 saturated heterocycles. The molecule has 0 N–H and O–H groups in total. The predicted octanol–water partition coefficient (Wildman–Crippen LogP) is 2.12. The second kappa shape index (κ2) is 6.41. The Morgan fingerprint density at radius 2 is 1.74 bits per heavy atom. The second-order valence-corrected chi connectivity index (χ2v) is 5.69. The van der Waals surface area contributed by atoms with Crippen molar-refractivity contribution in [3.05, 3.63) is 0 Å². The van der Waals surface area contributed by atoms with Gasteiger partial charge >= 0.3 is 6.18 Å². The summed E-state index contributed by atoms with van der Waals surface area (Å²) in [6.45, 7) is 4.79. The summed E-state index contributed by atoms with van der Waals surface area (Å²) in [5.41, 5.74) is 0. The molecule has 2 aliphatic heterocycles. The average Bonchev–Trinajstić information content (AvgIpc) is 2.56. The lowest BCUT2D eigenvalue weighted by Gasteiger charge is -2.24. The van der Waals surface area contributed by atoms with E-state index < -0.39 is 12.7 Å². The van der Waals surface area contributed by atoms with Crippen molar-refractivity contribution in [2.45, 2.75) is 44.6 Å². The van der Waals surface area contributed by atoms with E-state index in [-0.39, 0.29) is 6.10 Å². The van der Waals surface area contributed by atoms with Crippen LogP contribution < -0.4 is 0 Å². The summed E-state index contributed by atoms with van der Waals surface area (Å²) in [6, 6.07) is 0. The van der Waals surface area contributed by atoms with Crippen LogP contribution in [0, 0.1) is 0 Å². The smallest absolute Gasteiger partial charge is 0.374 e. The van der Waals surface area contributed by atoms with E-state index >= 15 is 0 Å². The molecular weight excluding hydrogens is 257 g/mol. The molecular formula is C13H23F3N2O. The molecule has 0 aromatic rings. The Balaban J connectivity index is 1.74. The van der Waals surface area contributed by atoms with Crippen molar-refractivity contribution < 1.29 is 17.9 Å². The number of nitrogens with zero attached hydrogens (tertiary/aromatic N) is 2. The SMILES string of the molecule is CC1CCC(CN2CCCN(CC(F)(F)F)CC2)O1. The first-order chi connectivity index (χ1) is 8.92. The quantitative estimate of drug-likeness (QED) is 0.787. The highest BCUT2D eigenvalue weighted by atomic mass is 19.4. The molecule has 112 valence electrons. The van der Waals surface area contributed by atoms with Gasteiger partial charge < -0.3 is 4.74 Å². The zero-order valence-electron chi connectivity index (χ0n) is 11.5. The Labute approximate surface area is 112 Å². The largest absolute Gasteiger partial charge is 0.401 e. The minimum atomic E-state index is -4.08. The number of halogens is 3. The normalized spacial score (nSPS) is 31.6. The number of alkyl halides is 3. The minimum Gasteiger partial charge on any atom is -0.374 e. The van der Waals surface area contributed by atoms with Gasteiger partial charge in [-0.05, 0) is 39.3 Å². The molecule has 2 atom stereocenters. The molecule has 3 nitrogen and oxygen atoms in total. The number of rotatable bonds is 3. The second-order valence-electron chi connectivity index (χ2n) is 5.69. The maximum Gasteiger partial charge on any atom is 0.401 e. The van der Waals surface area contributed by atoms with Crippen LogP contribution in [0.25, 0.3) is 0 Å². The Bertz CT molecular complexity index is 286. The van der Waals surface area contributed by atoms with Crippen LogP contribution >= 0.6 is 0 Å². The van der Waals surface area contributed by atoms with E-state index in [4.69, 9.17) is 4.74 Å². The summed E-state index contributed by atoms with van der Waals surface area (Å²) in [5.74, 6) is 0. The molecule has 2 heterocycles. The van der Waals surface area contributed by atoms with Crippen molar-refractivity contribution in [2.75, 3.05) is 39.3 Å². The van der Waals surface area contributed by atoms with Crippen LogP contribution in [0.4, 0.5) is 13.2 Å². The molecule has 2 aliphatic rings. The molecule has 0 radical (unpaired) electrons. The van der Waals surface area contributed by atoms with Crippen molar-refractivity contribution in [1.29, 1.82) is 0 Å². The topological polar surface area (TPSA) is 15.7 Å². The van der Waals surface area contributed by atoms with Crippen LogP contribution in [0.2, 0.25) is 0 Å². The number of hydrogen-bond acceptors (Lipinski definition) is 3. The standard InChI is InChI=1S/C13H23F3N2O/c1-11-3-4-12(19-11)9-17-5-2-6-18(8-7-17)10-13(14,15)16/h11-12H,2-10H2,1H3. The maximum absolute atomic E-state index is 12.4. The third-order valence-electron chi connectivity index (χ3n) is 3.87. The molecule has 2 rings (SSSR count). The lowest BCUT2D eigenvalue weighted by Crippen LogP contribution is -2.38. The molecule has 0 bridgehead atoms. The van der Waals surface area contributed by atoms with E-state index in [0.29, 0.717) is 25.7 Å². The average molecular weight is 280 g/mol. The van der Waals surface area contributed by atoms with Crippen molar-refractivity contribution in [3.8, 4) is 0 Å². The molecule has 0 aliphatic carbocycles. The first-order valence-corrected chi connectivity index (χ1v) is 7.09. The molecule has 6 heteroatoms. The fourth-order valence-corrected chi connectivity index (χ4v) is 2.93. The highest BCUT2D eigenvalue weighted by Crippen LogP contribution is 2.21. The van der Waals surface area contributed by atoms with Crippen LogP contribution in [0.15, 0.2) is 0 Å². The first-order valence-electron chi connectivity index (χ1n) is 7.09. The van der Waals surface area contributed by atoms with Crippen LogP contribution in [-0.4, -0.2) is 67.5 Å². The van der Waals surface area contributed by atoms with Gasteiger partial charge in [0, 0.05) is 19.6 Å². The van der Waals surface area contributed by atoms with Gasteiger partial charge in [0.15, 0.2) is 0 Å². The van der Waals surface area contributed by atoms with Gasteiger partial charge in [0.1, 0.15) is 0 Å². The van der Waals surface area contributed by atoms with E-state index in [1.165, 1.54) is 4.90 Å². The van der Waals surface area contributed by atoms with Crippen LogP contribution in [0.5, 0.6) is 0 Å². The van der Waals surface area contributed by atoms with Gasteiger partial charge in [0.25, 0.3) is 0 Å². The van der Waals surface area contributed by atoms with Crippen molar-refractivity contribution in [2.24, 2.45) is 0 Å². The highest BCUT2D eigenvalue weighted by molar-refractivity contribution is 4.77. The molecule has 2 fully saturated rings. The van der Waals surface area contributed by atoms with Gasteiger partial charge in [-0.15, -0.1) is 0 Å². The van der Waals surface area contributed by atoms with Gasteiger partial charge in [-0.1, -0.05) is 0 Å². The minimum absolute atomic E-state index is 0.268. The summed E-state index contributed by atoms with van der Waals surface area (Å²) in [7, 11) is 0. The van der Waals surface area contributed by atoms with Gasteiger partial charge in [0.2, 0.25) is 0 Å². The fraction of sp³-hybridized carbons (Fsp3) is 1.00. The summed E-state index contributed by atoms with van der Waals surface area (Å²) in [5, 5.41) is 0. The molecule has 0 aromatic carbocycles. The van der Waals surface area contributed by atoms with Gasteiger partial charge in [-0.3, -0.25) is 9.80 Å². The zero-order valence-corrected chi connectivity index (χ0v) is 11.5. The van der Waals surface area contributed by atoms with Crippen molar-refractivity contribution >= 4 is 0 Å². The third-order valence-corrected chi connectivity index (χ3v) is 3.87. The van der Waals surface area contributed by atoms with Crippen LogP contribution in [-0.2, 0) is 4.74 Å². The van der Waals surface area contributed by atoms with E-state index in [1.54, 1.807) is 0 Å². The summed E-state index contributed by atoms with van der Waals surface area (Å²) >= 11 is 0. The van der Waals surface area contributed by atoms with Crippen molar-refractivity contribution in [1.82, 2.24) is 9.80 Å². The summed E-state index contributed by atoms with van der Waals surface area (Å²) < 4.78 is 42.9. The van der Waals surface area contributed by atoms with E-state index in [2.05, 4.69) is 11.8 Å². The Kier molecular flexibility index (Phi) is 5.09. The zero-order chi connectivity index (χ0) is 13.9. The van der Waals surface area contributed by atoms with Crippen LogP contribution in [0.3, 0.4) is 0 Å². The van der Waals surface area contributed by atoms with Gasteiger partial charge in [-0.2, -0.15) is 13.2 Å². The van der Waals surface area contributed by atoms with Gasteiger partial charge in [-0.25, -0.2) is 0 Å². The number of hydrogen-bond donors (Lipinski definition) is 0. The van der Waals surface area contributed by atoms with E-state index in [1.807, 2.05) is 0 Å². The number of ether oxygens (including phenoxy) is 1. The third kappa shape index (κ3) is 5.28. The van der Waals surface area contributed by atoms with E-state index in [9.17, 15) is 13.2 Å². The lowest BCUT2D eigenvalue weighted by atomic mass is 10.2. The lowest BCUT2D eigenvalue weighted by molar-refractivity contribution is -0.145. The molecule has 0 spiro atoms. The van der Waals surface area contributed by atoms with Gasteiger partial charge in [0.05, 0.1) is 18.8 Å². The van der Waals surface area contributed by atoms with Crippen LogP contribution in [0.1, 0.15) is 26.2 Å². The molecule has 2 unspecified atom stereocenters. The van der Waals surface area contributed by atoms with E-state index in [0.717, 1.165) is 32.4 Å².